The molecule has 0 saturated heterocycles. The highest BCUT2D eigenvalue weighted by Gasteiger charge is 2.17. The van der Waals surface area contributed by atoms with Crippen LogP contribution in [0.25, 0.3) is 0 Å². The van der Waals surface area contributed by atoms with E-state index in [-0.39, 0.29) is 13.8 Å². The molecule has 0 spiro atoms. The van der Waals surface area contributed by atoms with E-state index >= 15 is 0 Å². The molecule has 0 saturated carbocycles. The van der Waals surface area contributed by atoms with Crippen molar-refractivity contribution >= 4 is 11.9 Å². The number of rotatable bonds is 2. The van der Waals surface area contributed by atoms with E-state index in [0.29, 0.717) is 0 Å². The second kappa shape index (κ2) is 7.35. The van der Waals surface area contributed by atoms with Crippen LogP contribution in [0.2, 0.25) is 0 Å². The largest absolute Gasteiger partial charge is 0.460 e. The van der Waals surface area contributed by atoms with Crippen molar-refractivity contribution in [3.63, 3.8) is 0 Å². The molecule has 0 aliphatic rings. The second-order valence-corrected chi connectivity index (χ2v) is 3.44. The Morgan fingerprint density at radius 3 is 2.00 bits per heavy atom. The first-order valence-corrected chi connectivity index (χ1v) is 4.77. The van der Waals surface area contributed by atoms with Gasteiger partial charge in [0, 0.05) is 8.47 Å². The monoisotopic (exact) mass is 205 g/mol. The lowest BCUT2D eigenvalue weighted by molar-refractivity contribution is -0.156. The summed E-state index contributed by atoms with van der Waals surface area (Å²) in [5, 5.41) is 2.34. The Kier molecular flexibility index (Phi) is 8.10. The molecule has 86 valence electrons. The van der Waals surface area contributed by atoms with Crippen molar-refractivity contribution in [2.75, 3.05) is 7.05 Å². The molecule has 1 N–H and O–H groups in total. The van der Waals surface area contributed by atoms with Crippen LogP contribution in [0.1, 0.15) is 42.5 Å². The second-order valence-electron chi connectivity index (χ2n) is 3.44. The van der Waals surface area contributed by atoms with Gasteiger partial charge in [0.15, 0.2) is 0 Å². The van der Waals surface area contributed by atoms with Gasteiger partial charge in [-0.1, -0.05) is 13.8 Å². The predicted octanol–water partition coefficient (Wildman–Crippen LogP) is 1.74. The maximum absolute atomic E-state index is 10.9. The van der Waals surface area contributed by atoms with Gasteiger partial charge in [-0.3, -0.25) is 9.59 Å². The molecule has 0 aromatic carbocycles. The predicted molar refractivity (Wildman–Crippen MR) is 58.0 cm³/mol. The number of ether oxygens (including phenoxy) is 1. The normalized spacial score (nSPS) is 9.57. The molecular formula is C10H23NO3. The third-order valence-corrected chi connectivity index (χ3v) is 1.00. The maximum atomic E-state index is 10.9. The quantitative estimate of drug-likeness (QED) is 0.552. The van der Waals surface area contributed by atoms with E-state index in [9.17, 15) is 9.59 Å². The van der Waals surface area contributed by atoms with Gasteiger partial charge in [-0.15, -0.1) is 0 Å². The SMILES string of the molecule is CC.CNC(=O)CC(=O)OC(C)(C)C.[HH]. The lowest BCUT2D eigenvalue weighted by atomic mass is 10.2. The summed E-state index contributed by atoms with van der Waals surface area (Å²) >= 11 is 0. The zero-order valence-corrected chi connectivity index (χ0v) is 9.93. The minimum atomic E-state index is -0.523. The van der Waals surface area contributed by atoms with Crippen molar-refractivity contribution in [3.8, 4) is 0 Å². The van der Waals surface area contributed by atoms with E-state index in [1.54, 1.807) is 20.8 Å². The first-order valence-electron chi connectivity index (χ1n) is 4.77. The average Bonchev–Trinajstić information content (AvgIpc) is 2.04. The number of carbonyl (C=O) groups is 2. The molecule has 0 rings (SSSR count). The first-order chi connectivity index (χ1) is 6.35. The third kappa shape index (κ3) is 10.9. The fraction of sp³-hybridized carbons (Fsp3) is 0.800. The summed E-state index contributed by atoms with van der Waals surface area (Å²) in [6.07, 6.45) is -0.215. The van der Waals surface area contributed by atoms with Crippen LogP contribution in [-0.4, -0.2) is 24.5 Å². The lowest BCUT2D eigenvalue weighted by Gasteiger charge is -2.18. The number of esters is 1. The Hall–Kier alpha value is -1.06. The van der Waals surface area contributed by atoms with Crippen LogP contribution < -0.4 is 5.32 Å². The Morgan fingerprint density at radius 2 is 1.71 bits per heavy atom. The summed E-state index contributed by atoms with van der Waals surface area (Å²) in [6.45, 7) is 9.28. The topological polar surface area (TPSA) is 55.4 Å². The van der Waals surface area contributed by atoms with Gasteiger partial charge in [0.25, 0.3) is 0 Å². The summed E-state index contributed by atoms with van der Waals surface area (Å²) < 4.78 is 4.91. The molecule has 0 fully saturated rings. The van der Waals surface area contributed by atoms with Crippen molar-refractivity contribution in [2.45, 2.75) is 46.6 Å². The van der Waals surface area contributed by atoms with Crippen LogP contribution in [0.5, 0.6) is 0 Å². The standard InChI is InChI=1S/C8H15NO3.C2H6.H2/c1-8(2,3)12-7(11)5-6(10)9-4;1-2;/h5H2,1-4H3,(H,9,10);1-2H3;1H. The van der Waals surface area contributed by atoms with Gasteiger partial charge in [0.1, 0.15) is 12.0 Å². The smallest absolute Gasteiger partial charge is 0.315 e. The first kappa shape index (κ1) is 15.4. The van der Waals surface area contributed by atoms with Crippen LogP contribution in [0.15, 0.2) is 0 Å². The molecule has 0 unspecified atom stereocenters. The van der Waals surface area contributed by atoms with Crippen molar-refractivity contribution in [2.24, 2.45) is 0 Å². The highest BCUT2D eigenvalue weighted by atomic mass is 16.6. The molecule has 1 amide bonds. The fourth-order valence-electron chi connectivity index (χ4n) is 0.597. The van der Waals surface area contributed by atoms with E-state index in [0.717, 1.165) is 0 Å². The number of amides is 1. The van der Waals surface area contributed by atoms with Gasteiger partial charge in [-0.05, 0) is 20.8 Å². The van der Waals surface area contributed by atoms with Gasteiger partial charge < -0.3 is 10.1 Å². The molecule has 0 aromatic rings. The Morgan fingerprint density at radius 1 is 1.29 bits per heavy atom. The molecule has 14 heavy (non-hydrogen) atoms. The molecule has 0 aliphatic heterocycles. The molecule has 0 bridgehead atoms. The van der Waals surface area contributed by atoms with Gasteiger partial charge in [-0.25, -0.2) is 0 Å². The molecular weight excluding hydrogens is 182 g/mol. The molecule has 0 atom stereocenters. The molecule has 0 aromatic heterocycles. The molecule has 0 heterocycles. The highest BCUT2D eigenvalue weighted by molar-refractivity contribution is 5.94. The zero-order chi connectivity index (χ0) is 11.8. The summed E-state index contributed by atoms with van der Waals surface area (Å²) in [6, 6.07) is 0. The van der Waals surface area contributed by atoms with Crippen molar-refractivity contribution in [3.05, 3.63) is 0 Å². The summed E-state index contributed by atoms with van der Waals surface area (Å²) in [7, 11) is 1.48. The Balaban J connectivity index is -0.000000449. The van der Waals surface area contributed by atoms with E-state index in [1.807, 2.05) is 13.8 Å². The maximum Gasteiger partial charge on any atom is 0.315 e. The van der Waals surface area contributed by atoms with Gasteiger partial charge in [0.05, 0.1) is 0 Å². The summed E-state index contributed by atoms with van der Waals surface area (Å²) in [5.74, 6) is -0.828. The number of hydrogen-bond donors (Lipinski definition) is 1. The van der Waals surface area contributed by atoms with Gasteiger partial charge in [-0.2, -0.15) is 0 Å². The number of carbonyl (C=O) groups excluding carboxylic acids is 2. The zero-order valence-electron chi connectivity index (χ0n) is 9.93. The van der Waals surface area contributed by atoms with Crippen LogP contribution in [0.4, 0.5) is 0 Å². The number of hydrogen-bond acceptors (Lipinski definition) is 3. The van der Waals surface area contributed by atoms with E-state index in [1.165, 1.54) is 7.05 Å². The fourth-order valence-corrected chi connectivity index (χ4v) is 0.597. The van der Waals surface area contributed by atoms with E-state index in [2.05, 4.69) is 5.32 Å². The lowest BCUT2D eigenvalue weighted by Crippen LogP contribution is -2.28. The van der Waals surface area contributed by atoms with Crippen LogP contribution >= 0.6 is 0 Å². The molecule has 4 heteroatoms. The van der Waals surface area contributed by atoms with Crippen molar-refractivity contribution < 1.29 is 15.8 Å². The van der Waals surface area contributed by atoms with E-state index < -0.39 is 11.6 Å². The highest BCUT2D eigenvalue weighted by Crippen LogP contribution is 2.07. The molecule has 0 radical (unpaired) electrons. The van der Waals surface area contributed by atoms with E-state index in [4.69, 9.17) is 4.74 Å². The van der Waals surface area contributed by atoms with Crippen LogP contribution in [0, 0.1) is 0 Å². The minimum Gasteiger partial charge on any atom is -0.460 e. The number of nitrogens with one attached hydrogen (secondary N) is 1. The van der Waals surface area contributed by atoms with Gasteiger partial charge >= 0.3 is 5.97 Å². The van der Waals surface area contributed by atoms with Crippen molar-refractivity contribution in [1.82, 2.24) is 5.32 Å². The van der Waals surface area contributed by atoms with Crippen LogP contribution in [-0.2, 0) is 14.3 Å². The molecule has 0 aliphatic carbocycles. The summed E-state index contributed by atoms with van der Waals surface area (Å²) in [5.41, 5.74) is -0.523. The van der Waals surface area contributed by atoms with Crippen molar-refractivity contribution in [1.29, 1.82) is 0 Å². The minimum absolute atomic E-state index is 0. The average molecular weight is 205 g/mol. The van der Waals surface area contributed by atoms with Crippen LogP contribution in [0.3, 0.4) is 0 Å². The molecule has 4 nitrogen and oxygen atoms in total. The van der Waals surface area contributed by atoms with Gasteiger partial charge in [0.2, 0.25) is 5.91 Å². The Labute approximate surface area is 87.5 Å². The Bertz CT molecular complexity index is 188. The third-order valence-electron chi connectivity index (χ3n) is 1.00. The summed E-state index contributed by atoms with van der Waals surface area (Å²) in [4.78, 5) is 21.6.